The number of hydrogen-bond acceptors (Lipinski definition) is 3. The number of nitrogens with zero attached hydrogens (tertiary/aromatic N) is 3. The van der Waals surface area contributed by atoms with Gasteiger partial charge >= 0.3 is 0 Å². The van der Waals surface area contributed by atoms with Crippen LogP contribution in [-0.4, -0.2) is 32.4 Å². The Morgan fingerprint density at radius 2 is 2.00 bits per heavy atom. The molecule has 0 spiro atoms. The lowest BCUT2D eigenvalue weighted by atomic mass is 10.0. The number of aryl methyl sites for hydroxylation is 1. The van der Waals surface area contributed by atoms with Crippen molar-refractivity contribution in [3.63, 3.8) is 0 Å². The van der Waals surface area contributed by atoms with Gasteiger partial charge in [-0.3, -0.25) is 9.58 Å². The Morgan fingerprint density at radius 1 is 1.30 bits per heavy atom. The van der Waals surface area contributed by atoms with Crippen LogP contribution in [0.4, 0.5) is 4.39 Å². The average molecular weight is 317 g/mol. The van der Waals surface area contributed by atoms with Crippen molar-refractivity contribution in [3.05, 3.63) is 53.1 Å². The number of aliphatic hydroxyl groups is 1. The Balaban J connectivity index is 1.81. The smallest absolute Gasteiger partial charge is 0.123 e. The van der Waals surface area contributed by atoms with Crippen LogP contribution in [0, 0.1) is 12.7 Å². The van der Waals surface area contributed by atoms with E-state index in [1.165, 1.54) is 17.7 Å². The summed E-state index contributed by atoms with van der Waals surface area (Å²) in [6.07, 6.45) is 2.43. The minimum atomic E-state index is -0.342. The average Bonchev–Trinajstić information content (AvgIpc) is 3.04. The lowest BCUT2D eigenvalue weighted by Gasteiger charge is -2.24. The van der Waals surface area contributed by atoms with Crippen molar-refractivity contribution in [2.24, 2.45) is 0 Å². The summed E-state index contributed by atoms with van der Waals surface area (Å²) in [5.74, 6) is -0.229. The highest BCUT2D eigenvalue weighted by molar-refractivity contribution is 5.23. The Bertz CT molecular complexity index is 665. The highest BCUT2D eigenvalue weighted by Crippen LogP contribution is 2.33. The maximum atomic E-state index is 13.2. The van der Waals surface area contributed by atoms with Gasteiger partial charge in [0, 0.05) is 36.9 Å². The molecule has 124 valence electrons. The standard InChI is InChI=1S/C18H24FN3O/c1-12(2)22-10-15(13(3)20-22)9-21-11-17(23)8-18(21)14-4-6-16(19)7-5-14/h4-7,10,12,17-18,23H,8-9,11H2,1-3H3/t17-,18-/m1/s1. The van der Waals surface area contributed by atoms with Gasteiger partial charge in [-0.15, -0.1) is 0 Å². The zero-order valence-corrected chi connectivity index (χ0v) is 13.9. The summed E-state index contributed by atoms with van der Waals surface area (Å²) in [5.41, 5.74) is 3.26. The van der Waals surface area contributed by atoms with Gasteiger partial charge in [-0.2, -0.15) is 5.10 Å². The van der Waals surface area contributed by atoms with Gasteiger partial charge in [-0.05, 0) is 44.9 Å². The quantitative estimate of drug-likeness (QED) is 0.941. The van der Waals surface area contributed by atoms with Gasteiger partial charge in [0.25, 0.3) is 0 Å². The third kappa shape index (κ3) is 3.46. The second kappa shape index (κ2) is 6.42. The van der Waals surface area contributed by atoms with Gasteiger partial charge in [0.15, 0.2) is 0 Å². The Hall–Kier alpha value is -1.72. The molecule has 0 saturated carbocycles. The molecular formula is C18H24FN3O. The summed E-state index contributed by atoms with van der Waals surface area (Å²) in [6, 6.07) is 7.05. The molecule has 23 heavy (non-hydrogen) atoms. The summed E-state index contributed by atoms with van der Waals surface area (Å²) < 4.78 is 15.1. The fourth-order valence-electron chi connectivity index (χ4n) is 3.24. The van der Waals surface area contributed by atoms with Gasteiger partial charge in [0.1, 0.15) is 5.82 Å². The van der Waals surface area contributed by atoms with Crippen molar-refractivity contribution in [1.82, 2.24) is 14.7 Å². The van der Waals surface area contributed by atoms with Crippen LogP contribution in [0.25, 0.3) is 0 Å². The number of benzene rings is 1. The van der Waals surface area contributed by atoms with Crippen LogP contribution in [-0.2, 0) is 6.54 Å². The van der Waals surface area contributed by atoms with Crippen LogP contribution in [0.3, 0.4) is 0 Å². The lowest BCUT2D eigenvalue weighted by Crippen LogP contribution is -2.24. The molecule has 2 heterocycles. The number of β-amino-alcohol motifs (C(OH)–C–C–N with tert-alkyl or cyclic N) is 1. The molecule has 2 atom stereocenters. The van der Waals surface area contributed by atoms with Crippen molar-refractivity contribution in [2.45, 2.75) is 51.9 Å². The molecule has 4 nitrogen and oxygen atoms in total. The summed E-state index contributed by atoms with van der Waals surface area (Å²) >= 11 is 0. The molecule has 0 unspecified atom stereocenters. The molecule has 0 bridgehead atoms. The number of rotatable bonds is 4. The second-order valence-corrected chi connectivity index (χ2v) is 6.70. The largest absolute Gasteiger partial charge is 0.392 e. The van der Waals surface area contributed by atoms with E-state index in [2.05, 4.69) is 30.0 Å². The Kier molecular flexibility index (Phi) is 4.50. The first-order chi connectivity index (χ1) is 10.9. The van der Waals surface area contributed by atoms with Crippen molar-refractivity contribution >= 4 is 0 Å². The minimum Gasteiger partial charge on any atom is -0.392 e. The zero-order valence-electron chi connectivity index (χ0n) is 13.9. The van der Waals surface area contributed by atoms with E-state index < -0.39 is 0 Å². The van der Waals surface area contributed by atoms with Crippen molar-refractivity contribution in [3.8, 4) is 0 Å². The van der Waals surface area contributed by atoms with Crippen molar-refractivity contribution < 1.29 is 9.50 Å². The van der Waals surface area contributed by atoms with Gasteiger partial charge in [0.2, 0.25) is 0 Å². The molecule has 1 aromatic heterocycles. The van der Waals surface area contributed by atoms with E-state index in [1.807, 2.05) is 23.7 Å². The molecule has 1 aromatic carbocycles. The molecule has 0 aliphatic carbocycles. The highest BCUT2D eigenvalue weighted by Gasteiger charge is 2.32. The first kappa shape index (κ1) is 16.1. The third-order valence-electron chi connectivity index (χ3n) is 4.56. The molecule has 1 aliphatic rings. The SMILES string of the molecule is Cc1nn(C(C)C)cc1CN1C[C@H](O)C[C@@H]1c1ccc(F)cc1. The van der Waals surface area contributed by atoms with E-state index in [1.54, 1.807) is 0 Å². The summed E-state index contributed by atoms with van der Waals surface area (Å²) in [6.45, 7) is 7.62. The number of aromatic nitrogens is 2. The van der Waals surface area contributed by atoms with Gasteiger partial charge in [0.05, 0.1) is 11.8 Å². The molecule has 0 radical (unpaired) electrons. The van der Waals surface area contributed by atoms with Crippen LogP contribution in [0.15, 0.2) is 30.5 Å². The molecule has 1 saturated heterocycles. The van der Waals surface area contributed by atoms with Gasteiger partial charge in [-0.25, -0.2) is 4.39 Å². The first-order valence-electron chi connectivity index (χ1n) is 8.16. The van der Waals surface area contributed by atoms with Crippen LogP contribution in [0.1, 0.15) is 49.2 Å². The molecule has 1 fully saturated rings. The van der Waals surface area contributed by atoms with E-state index in [-0.39, 0.29) is 18.0 Å². The van der Waals surface area contributed by atoms with Crippen LogP contribution in [0.5, 0.6) is 0 Å². The number of hydrogen-bond donors (Lipinski definition) is 1. The lowest BCUT2D eigenvalue weighted by molar-refractivity contribution is 0.172. The number of aliphatic hydroxyl groups excluding tert-OH is 1. The third-order valence-corrected chi connectivity index (χ3v) is 4.56. The topological polar surface area (TPSA) is 41.3 Å². The summed E-state index contributed by atoms with van der Waals surface area (Å²) in [4.78, 5) is 2.26. The summed E-state index contributed by atoms with van der Waals surface area (Å²) in [7, 11) is 0. The molecule has 2 aromatic rings. The normalized spacial score (nSPS) is 22.2. The molecule has 1 N–H and O–H groups in total. The van der Waals surface area contributed by atoms with Gasteiger partial charge in [-0.1, -0.05) is 12.1 Å². The van der Waals surface area contributed by atoms with Gasteiger partial charge < -0.3 is 5.11 Å². The number of likely N-dealkylation sites (tertiary alicyclic amines) is 1. The van der Waals surface area contributed by atoms with Crippen LogP contribution >= 0.6 is 0 Å². The maximum Gasteiger partial charge on any atom is 0.123 e. The molecule has 3 rings (SSSR count). The van der Waals surface area contributed by atoms with E-state index >= 15 is 0 Å². The molecular weight excluding hydrogens is 293 g/mol. The van der Waals surface area contributed by atoms with Crippen molar-refractivity contribution in [2.75, 3.05) is 6.54 Å². The predicted octanol–water partition coefficient (Wildman–Crippen LogP) is 3.22. The first-order valence-corrected chi connectivity index (χ1v) is 8.16. The predicted molar refractivity (Wildman–Crippen MR) is 87.5 cm³/mol. The fraction of sp³-hybridized carbons (Fsp3) is 0.500. The molecule has 1 aliphatic heterocycles. The Labute approximate surface area is 136 Å². The second-order valence-electron chi connectivity index (χ2n) is 6.70. The minimum absolute atomic E-state index is 0.118. The van der Waals surface area contributed by atoms with E-state index in [9.17, 15) is 9.50 Å². The van der Waals surface area contributed by atoms with Crippen LogP contribution in [0.2, 0.25) is 0 Å². The summed E-state index contributed by atoms with van der Waals surface area (Å²) in [5, 5.41) is 14.6. The molecule has 5 heteroatoms. The monoisotopic (exact) mass is 317 g/mol. The van der Waals surface area contributed by atoms with Crippen LogP contribution < -0.4 is 0 Å². The van der Waals surface area contributed by atoms with E-state index in [0.29, 0.717) is 19.0 Å². The Morgan fingerprint density at radius 3 is 2.61 bits per heavy atom. The van der Waals surface area contributed by atoms with E-state index in [4.69, 9.17) is 0 Å². The highest BCUT2D eigenvalue weighted by atomic mass is 19.1. The maximum absolute atomic E-state index is 13.2. The fourth-order valence-corrected chi connectivity index (χ4v) is 3.24. The molecule has 0 amide bonds. The zero-order chi connectivity index (χ0) is 16.6. The van der Waals surface area contributed by atoms with E-state index in [0.717, 1.165) is 17.8 Å². The number of halogens is 1. The van der Waals surface area contributed by atoms with Crippen molar-refractivity contribution in [1.29, 1.82) is 0 Å².